The topological polar surface area (TPSA) is 77.6 Å². The van der Waals surface area contributed by atoms with E-state index < -0.39 is 47.0 Å². The number of hydrogen-bond acceptors (Lipinski definition) is 4. The monoisotopic (exact) mass is 482 g/mol. The average molecular weight is 483 g/mol. The smallest absolute Gasteiger partial charge is 0.283 e. The fraction of sp³-hybridized carbons (Fsp3) is 0.294. The molecule has 2 aromatic heterocycles. The van der Waals surface area contributed by atoms with E-state index in [4.69, 9.17) is 23.2 Å². The van der Waals surface area contributed by atoms with Crippen molar-refractivity contribution in [3.05, 3.63) is 57.3 Å². The number of rotatable bonds is 7. The molecule has 0 aliphatic heterocycles. The van der Waals surface area contributed by atoms with Crippen LogP contribution in [0.25, 0.3) is 0 Å². The first-order chi connectivity index (χ1) is 14.6. The van der Waals surface area contributed by atoms with E-state index in [2.05, 4.69) is 20.5 Å². The van der Waals surface area contributed by atoms with Gasteiger partial charge in [-0.1, -0.05) is 29.3 Å². The molecule has 1 unspecified atom stereocenters. The Hall–Kier alpha value is -2.73. The molecule has 1 atom stereocenters. The van der Waals surface area contributed by atoms with E-state index >= 15 is 0 Å². The van der Waals surface area contributed by atoms with Gasteiger partial charge in [-0.05, 0) is 19.1 Å². The lowest BCUT2D eigenvalue weighted by Crippen LogP contribution is -2.26. The second kappa shape index (κ2) is 9.18. The van der Waals surface area contributed by atoms with Crippen LogP contribution in [-0.4, -0.2) is 30.5 Å². The maximum atomic E-state index is 13.9. The Labute approximate surface area is 181 Å². The van der Waals surface area contributed by atoms with Gasteiger partial charge in [-0.3, -0.25) is 10.1 Å². The fourth-order valence-electron chi connectivity index (χ4n) is 2.68. The number of nitrogens with one attached hydrogen (secondary N) is 1. The molecule has 2 heterocycles. The number of benzene rings is 1. The number of hydrogen-bond donors (Lipinski definition) is 1. The Kier molecular flexibility index (Phi) is 6.80. The number of anilines is 1. The molecule has 0 aliphatic carbocycles. The summed E-state index contributed by atoms with van der Waals surface area (Å²) in [7, 11) is 0. The summed E-state index contributed by atoms with van der Waals surface area (Å²) in [6.45, 7) is 1.07. The molecule has 0 aliphatic rings. The number of carbonyl (C=O) groups is 1. The van der Waals surface area contributed by atoms with Crippen LogP contribution in [0, 0.1) is 5.82 Å². The van der Waals surface area contributed by atoms with Crippen LogP contribution in [0.15, 0.2) is 24.5 Å². The summed E-state index contributed by atoms with van der Waals surface area (Å²) >= 11 is 11.5. The van der Waals surface area contributed by atoms with Gasteiger partial charge in [0, 0.05) is 10.6 Å². The average Bonchev–Trinajstić information content (AvgIpc) is 3.28. The SMILES string of the molecule is CC(C(=O)Nc1ncn(Cc2c(F)cccc2Cl)n1)n1nc(C(F)F)c(Cl)c1C(F)F. The minimum absolute atomic E-state index is 0.0913. The Balaban J connectivity index is 1.78. The largest absolute Gasteiger partial charge is 0.291 e. The van der Waals surface area contributed by atoms with E-state index in [1.807, 2.05) is 0 Å². The van der Waals surface area contributed by atoms with Crippen LogP contribution >= 0.6 is 23.2 Å². The third-order valence-corrected chi connectivity index (χ3v) is 4.97. The van der Waals surface area contributed by atoms with Crippen molar-refractivity contribution in [1.82, 2.24) is 24.5 Å². The van der Waals surface area contributed by atoms with Crippen molar-refractivity contribution in [2.24, 2.45) is 0 Å². The molecule has 0 saturated carbocycles. The molecule has 1 aromatic carbocycles. The zero-order chi connectivity index (χ0) is 22.9. The van der Waals surface area contributed by atoms with Gasteiger partial charge in [-0.15, -0.1) is 5.10 Å². The Bertz CT molecular complexity index is 1080. The predicted octanol–water partition coefficient (Wildman–Crippen LogP) is 5.04. The zero-order valence-electron chi connectivity index (χ0n) is 15.5. The molecule has 0 bridgehead atoms. The summed E-state index contributed by atoms with van der Waals surface area (Å²) in [4.78, 5) is 16.3. The molecule has 0 saturated heterocycles. The first-order valence-electron chi connectivity index (χ1n) is 8.57. The number of alkyl halides is 4. The van der Waals surface area contributed by atoms with Crippen molar-refractivity contribution < 1.29 is 26.7 Å². The molecule has 1 N–H and O–H groups in total. The number of amides is 1. The summed E-state index contributed by atoms with van der Waals surface area (Å²) in [6, 6.07) is 2.70. The van der Waals surface area contributed by atoms with Gasteiger partial charge in [-0.25, -0.2) is 36.3 Å². The second-order valence-corrected chi connectivity index (χ2v) is 7.05. The van der Waals surface area contributed by atoms with Gasteiger partial charge in [0.25, 0.3) is 18.8 Å². The summed E-state index contributed by atoms with van der Waals surface area (Å²) in [5.41, 5.74) is -1.92. The van der Waals surface area contributed by atoms with E-state index in [9.17, 15) is 26.7 Å². The molecule has 7 nitrogen and oxygen atoms in total. The van der Waals surface area contributed by atoms with Crippen LogP contribution in [0.3, 0.4) is 0 Å². The lowest BCUT2D eigenvalue weighted by Gasteiger charge is -2.14. The Morgan fingerprint density at radius 3 is 2.48 bits per heavy atom. The van der Waals surface area contributed by atoms with Crippen LogP contribution in [0.5, 0.6) is 0 Å². The van der Waals surface area contributed by atoms with Gasteiger partial charge in [0.1, 0.15) is 29.6 Å². The minimum Gasteiger partial charge on any atom is -0.291 e. The van der Waals surface area contributed by atoms with Crippen molar-refractivity contribution in [1.29, 1.82) is 0 Å². The fourth-order valence-corrected chi connectivity index (χ4v) is 3.19. The van der Waals surface area contributed by atoms with Crippen LogP contribution in [0.1, 0.15) is 42.8 Å². The number of carbonyl (C=O) groups excluding carboxylic acids is 1. The maximum Gasteiger partial charge on any atom is 0.283 e. The molecule has 0 fully saturated rings. The standard InChI is InChI=1S/C17H13Cl2F5N6O/c1-7(30-13(15(23)24)11(19)12(27-30)14(21)22)16(31)26-17-25-6-29(28-17)5-8-9(18)3-2-4-10(8)20/h2-4,6-7,14-15H,5H2,1H3,(H,26,28,31). The quantitative estimate of drug-likeness (QED) is 0.478. The third kappa shape index (κ3) is 4.79. The first kappa shape index (κ1) is 22.9. The van der Waals surface area contributed by atoms with E-state index in [0.717, 1.165) is 6.92 Å². The van der Waals surface area contributed by atoms with Crippen LogP contribution in [0.4, 0.5) is 27.9 Å². The van der Waals surface area contributed by atoms with Crippen LogP contribution < -0.4 is 5.32 Å². The molecule has 166 valence electrons. The molecule has 1 amide bonds. The maximum absolute atomic E-state index is 13.9. The molecular formula is C17H13Cl2F5N6O. The van der Waals surface area contributed by atoms with Gasteiger partial charge in [0.05, 0.1) is 11.6 Å². The highest BCUT2D eigenvalue weighted by Gasteiger charge is 2.32. The third-order valence-electron chi connectivity index (χ3n) is 4.23. The van der Waals surface area contributed by atoms with Gasteiger partial charge in [-0.2, -0.15) is 5.10 Å². The molecule has 3 rings (SSSR count). The molecule has 14 heteroatoms. The van der Waals surface area contributed by atoms with Gasteiger partial charge < -0.3 is 0 Å². The molecule has 31 heavy (non-hydrogen) atoms. The van der Waals surface area contributed by atoms with E-state index in [0.29, 0.717) is 4.68 Å². The predicted molar refractivity (Wildman–Crippen MR) is 101 cm³/mol. The molecule has 3 aromatic rings. The molecule has 0 radical (unpaired) electrons. The van der Waals surface area contributed by atoms with Crippen LogP contribution in [0.2, 0.25) is 10.0 Å². The summed E-state index contributed by atoms with van der Waals surface area (Å²) < 4.78 is 68.0. The number of aromatic nitrogens is 5. The summed E-state index contributed by atoms with van der Waals surface area (Å²) in [6.07, 6.45) is -5.26. The normalized spacial score (nSPS) is 12.6. The first-order valence-corrected chi connectivity index (χ1v) is 9.33. The Morgan fingerprint density at radius 1 is 1.16 bits per heavy atom. The van der Waals surface area contributed by atoms with Crippen molar-refractivity contribution in [3.8, 4) is 0 Å². The lowest BCUT2D eigenvalue weighted by atomic mass is 10.2. The van der Waals surface area contributed by atoms with Crippen molar-refractivity contribution in [2.75, 3.05) is 5.32 Å². The zero-order valence-corrected chi connectivity index (χ0v) is 17.1. The van der Waals surface area contributed by atoms with Crippen molar-refractivity contribution in [2.45, 2.75) is 32.4 Å². The lowest BCUT2D eigenvalue weighted by molar-refractivity contribution is -0.119. The van der Waals surface area contributed by atoms with E-state index in [-0.39, 0.29) is 23.1 Å². The van der Waals surface area contributed by atoms with Gasteiger partial charge in [0.2, 0.25) is 5.95 Å². The van der Waals surface area contributed by atoms with Crippen molar-refractivity contribution in [3.63, 3.8) is 0 Å². The van der Waals surface area contributed by atoms with E-state index in [1.165, 1.54) is 29.2 Å². The Morgan fingerprint density at radius 2 is 1.87 bits per heavy atom. The van der Waals surface area contributed by atoms with Crippen molar-refractivity contribution >= 4 is 35.1 Å². The van der Waals surface area contributed by atoms with Gasteiger partial charge in [0.15, 0.2) is 0 Å². The number of halogens is 7. The second-order valence-electron chi connectivity index (χ2n) is 6.26. The van der Waals surface area contributed by atoms with Crippen LogP contribution in [-0.2, 0) is 11.3 Å². The summed E-state index contributed by atoms with van der Waals surface area (Å²) in [5, 5.41) is 8.81. The highest BCUT2D eigenvalue weighted by molar-refractivity contribution is 6.32. The van der Waals surface area contributed by atoms with Gasteiger partial charge >= 0.3 is 0 Å². The summed E-state index contributed by atoms with van der Waals surface area (Å²) in [5.74, 6) is -1.70. The molecule has 0 spiro atoms. The molecular weight excluding hydrogens is 470 g/mol. The van der Waals surface area contributed by atoms with E-state index in [1.54, 1.807) is 0 Å². The highest BCUT2D eigenvalue weighted by Crippen LogP contribution is 2.36. The highest BCUT2D eigenvalue weighted by atomic mass is 35.5. The minimum atomic E-state index is -3.24. The number of nitrogens with zero attached hydrogens (tertiary/aromatic N) is 5.